The van der Waals surface area contributed by atoms with Gasteiger partial charge in [-0.1, -0.05) is 18.2 Å². The number of hydrogen-bond acceptors (Lipinski definition) is 4. The van der Waals surface area contributed by atoms with Gasteiger partial charge in [0, 0.05) is 18.0 Å². The Morgan fingerprint density at radius 1 is 1.11 bits per heavy atom. The fourth-order valence-electron chi connectivity index (χ4n) is 1.80. The molecule has 19 heavy (non-hydrogen) atoms. The number of benzene rings is 1. The first kappa shape index (κ1) is 11.9. The van der Waals surface area contributed by atoms with Crippen LogP contribution >= 0.6 is 0 Å². The molecule has 2 aromatic heterocycles. The molecule has 1 aromatic carbocycles. The zero-order valence-electron chi connectivity index (χ0n) is 10.2. The van der Waals surface area contributed by atoms with E-state index in [0.717, 1.165) is 5.69 Å². The minimum absolute atomic E-state index is 0.0109. The molecular weight excluding hydrogens is 262 g/mol. The molecular formula is C13H11N3O2S. The second-order valence-electron chi connectivity index (χ2n) is 4.17. The van der Waals surface area contributed by atoms with Crippen molar-refractivity contribution >= 4 is 15.5 Å². The van der Waals surface area contributed by atoms with Gasteiger partial charge in [0.2, 0.25) is 9.84 Å². The van der Waals surface area contributed by atoms with E-state index in [0.29, 0.717) is 5.65 Å². The van der Waals surface area contributed by atoms with Gasteiger partial charge >= 0.3 is 0 Å². The molecule has 0 aliphatic carbocycles. The Kier molecular flexibility index (Phi) is 2.60. The lowest BCUT2D eigenvalue weighted by Crippen LogP contribution is -2.02. The molecule has 0 bridgehead atoms. The number of rotatable bonds is 2. The lowest BCUT2D eigenvalue weighted by molar-refractivity contribution is 0.591. The van der Waals surface area contributed by atoms with Crippen LogP contribution < -0.4 is 0 Å². The second kappa shape index (κ2) is 4.17. The molecule has 2 heterocycles. The summed E-state index contributed by atoms with van der Waals surface area (Å²) in [6.07, 6.45) is 1.70. The molecule has 0 spiro atoms. The summed E-state index contributed by atoms with van der Waals surface area (Å²) in [4.78, 5) is 4.47. The van der Waals surface area contributed by atoms with Gasteiger partial charge in [-0.05, 0) is 25.1 Å². The fraction of sp³-hybridized carbons (Fsp3) is 0.0769. The van der Waals surface area contributed by atoms with Gasteiger partial charge < -0.3 is 0 Å². The third-order valence-electron chi connectivity index (χ3n) is 2.77. The molecule has 0 saturated heterocycles. The molecule has 5 nitrogen and oxygen atoms in total. The number of nitrogens with zero attached hydrogens (tertiary/aromatic N) is 3. The van der Waals surface area contributed by atoms with Crippen molar-refractivity contribution in [2.24, 2.45) is 0 Å². The van der Waals surface area contributed by atoms with E-state index in [-0.39, 0.29) is 9.92 Å². The first-order chi connectivity index (χ1) is 9.07. The van der Waals surface area contributed by atoms with E-state index in [4.69, 9.17) is 0 Å². The van der Waals surface area contributed by atoms with E-state index in [9.17, 15) is 8.42 Å². The fourth-order valence-corrected chi connectivity index (χ4v) is 3.02. The van der Waals surface area contributed by atoms with Gasteiger partial charge in [0.05, 0.1) is 4.90 Å². The Balaban J connectivity index is 2.19. The topological polar surface area (TPSA) is 64.3 Å². The molecule has 0 aliphatic heterocycles. The zero-order chi connectivity index (χ0) is 13.5. The van der Waals surface area contributed by atoms with Gasteiger partial charge in [0.25, 0.3) is 0 Å². The van der Waals surface area contributed by atoms with E-state index in [2.05, 4.69) is 10.1 Å². The number of aromatic nitrogens is 3. The average molecular weight is 273 g/mol. The van der Waals surface area contributed by atoms with Crippen LogP contribution in [-0.4, -0.2) is 23.0 Å². The molecule has 0 saturated carbocycles. The molecule has 6 heteroatoms. The molecule has 0 radical (unpaired) electrons. The molecule has 0 fully saturated rings. The van der Waals surface area contributed by atoms with Crippen LogP contribution in [0.2, 0.25) is 0 Å². The average Bonchev–Trinajstić information content (AvgIpc) is 2.83. The van der Waals surface area contributed by atoms with Crippen molar-refractivity contribution < 1.29 is 8.42 Å². The maximum absolute atomic E-state index is 12.4. The van der Waals surface area contributed by atoms with Crippen LogP contribution in [0.3, 0.4) is 0 Å². The summed E-state index contributed by atoms with van der Waals surface area (Å²) in [5, 5.41) is 4.08. The van der Waals surface area contributed by atoms with Crippen molar-refractivity contribution in [3.05, 3.63) is 54.4 Å². The van der Waals surface area contributed by atoms with Gasteiger partial charge in [-0.25, -0.2) is 17.9 Å². The second-order valence-corrected chi connectivity index (χ2v) is 6.07. The third kappa shape index (κ3) is 2.00. The summed E-state index contributed by atoms with van der Waals surface area (Å²) in [5.41, 5.74) is 1.34. The van der Waals surface area contributed by atoms with Crippen molar-refractivity contribution in [3.63, 3.8) is 0 Å². The van der Waals surface area contributed by atoms with Gasteiger partial charge in [-0.2, -0.15) is 5.10 Å². The standard InChI is InChI=1S/C13H11N3O2S/c1-10-7-8-16-12(14-10)9-13(15-16)19(17,18)11-5-3-2-4-6-11/h2-9H,1H3. The highest BCUT2D eigenvalue weighted by Crippen LogP contribution is 2.20. The number of sulfone groups is 1. The van der Waals surface area contributed by atoms with Crippen LogP contribution in [0.1, 0.15) is 5.69 Å². The largest absolute Gasteiger partial charge is 0.234 e. The summed E-state index contributed by atoms with van der Waals surface area (Å²) in [7, 11) is -3.59. The van der Waals surface area contributed by atoms with Crippen LogP contribution in [0, 0.1) is 6.92 Å². The summed E-state index contributed by atoms with van der Waals surface area (Å²) >= 11 is 0. The van der Waals surface area contributed by atoms with Gasteiger partial charge in [0.1, 0.15) is 0 Å². The van der Waals surface area contributed by atoms with Crippen molar-refractivity contribution in [1.29, 1.82) is 0 Å². The van der Waals surface area contributed by atoms with Crippen molar-refractivity contribution in [3.8, 4) is 0 Å². The monoisotopic (exact) mass is 273 g/mol. The van der Waals surface area contributed by atoms with Crippen LogP contribution in [-0.2, 0) is 9.84 Å². The summed E-state index contributed by atoms with van der Waals surface area (Å²) in [6, 6.07) is 11.5. The van der Waals surface area contributed by atoms with Crippen molar-refractivity contribution in [2.75, 3.05) is 0 Å². The van der Waals surface area contributed by atoms with Gasteiger partial charge in [0.15, 0.2) is 10.7 Å². The van der Waals surface area contributed by atoms with Gasteiger partial charge in [-0.3, -0.25) is 0 Å². The van der Waals surface area contributed by atoms with Crippen molar-refractivity contribution in [1.82, 2.24) is 14.6 Å². The molecule has 0 amide bonds. The number of hydrogen-bond donors (Lipinski definition) is 0. The predicted octanol–water partition coefficient (Wildman–Crippen LogP) is 1.87. The quantitative estimate of drug-likeness (QED) is 0.715. The smallest absolute Gasteiger partial charge is 0.225 e. The van der Waals surface area contributed by atoms with E-state index in [1.807, 2.05) is 6.92 Å². The first-order valence-corrected chi connectivity index (χ1v) is 7.19. The first-order valence-electron chi connectivity index (χ1n) is 5.70. The summed E-state index contributed by atoms with van der Waals surface area (Å²) in [5.74, 6) is 0. The van der Waals surface area contributed by atoms with E-state index in [1.165, 1.54) is 10.6 Å². The molecule has 96 valence electrons. The Hall–Kier alpha value is -2.21. The lowest BCUT2D eigenvalue weighted by Gasteiger charge is -1.99. The van der Waals surface area contributed by atoms with E-state index < -0.39 is 9.84 Å². The Labute approximate surface area is 110 Å². The number of aryl methyl sites for hydroxylation is 1. The normalized spacial score (nSPS) is 11.8. The Morgan fingerprint density at radius 3 is 2.58 bits per heavy atom. The zero-order valence-corrected chi connectivity index (χ0v) is 11.0. The molecule has 0 N–H and O–H groups in total. The molecule has 3 aromatic rings. The predicted molar refractivity (Wildman–Crippen MR) is 69.6 cm³/mol. The molecule has 0 aliphatic rings. The molecule has 0 atom stereocenters. The maximum atomic E-state index is 12.4. The number of fused-ring (bicyclic) bond motifs is 1. The Morgan fingerprint density at radius 2 is 1.84 bits per heavy atom. The molecule has 3 rings (SSSR count). The highest BCUT2D eigenvalue weighted by Gasteiger charge is 2.21. The van der Waals surface area contributed by atoms with Crippen molar-refractivity contribution in [2.45, 2.75) is 16.8 Å². The summed E-state index contributed by atoms with van der Waals surface area (Å²) < 4.78 is 26.2. The van der Waals surface area contributed by atoms with E-state index in [1.54, 1.807) is 42.6 Å². The van der Waals surface area contributed by atoms with Crippen LogP contribution in [0.5, 0.6) is 0 Å². The maximum Gasteiger partial charge on any atom is 0.225 e. The summed E-state index contributed by atoms with van der Waals surface area (Å²) in [6.45, 7) is 1.85. The minimum Gasteiger partial charge on any atom is -0.234 e. The highest BCUT2D eigenvalue weighted by atomic mass is 32.2. The SMILES string of the molecule is Cc1ccn2nc(S(=O)(=O)c3ccccc3)cc2n1. The van der Waals surface area contributed by atoms with E-state index >= 15 is 0 Å². The lowest BCUT2D eigenvalue weighted by atomic mass is 10.4. The van der Waals surface area contributed by atoms with Crippen LogP contribution in [0.4, 0.5) is 0 Å². The van der Waals surface area contributed by atoms with Crippen LogP contribution in [0.15, 0.2) is 58.6 Å². The highest BCUT2D eigenvalue weighted by molar-refractivity contribution is 7.91. The molecule has 0 unspecified atom stereocenters. The van der Waals surface area contributed by atoms with Gasteiger partial charge in [-0.15, -0.1) is 0 Å². The third-order valence-corrected chi connectivity index (χ3v) is 4.41. The minimum atomic E-state index is -3.59. The Bertz CT molecular complexity index is 839. The van der Waals surface area contributed by atoms with Crippen LogP contribution in [0.25, 0.3) is 5.65 Å².